The van der Waals surface area contributed by atoms with Crippen LogP contribution in [0.4, 0.5) is 5.69 Å². The minimum atomic E-state index is -0.0778. The molecule has 5 rings (SSSR count). The van der Waals surface area contributed by atoms with Crippen molar-refractivity contribution in [3.63, 3.8) is 0 Å². The van der Waals surface area contributed by atoms with Crippen LogP contribution in [0, 0.1) is 6.92 Å². The first-order valence-electron chi connectivity index (χ1n) is 11.1. The van der Waals surface area contributed by atoms with Gasteiger partial charge in [0, 0.05) is 50.8 Å². The molecule has 1 aliphatic rings. The zero-order valence-corrected chi connectivity index (χ0v) is 19.0. The molecule has 1 aliphatic heterocycles. The fourth-order valence-corrected chi connectivity index (χ4v) is 5.05. The highest BCUT2D eigenvalue weighted by Gasteiger charge is 2.29. The first kappa shape index (κ1) is 20.4. The number of pyridine rings is 1. The summed E-state index contributed by atoms with van der Waals surface area (Å²) in [4.78, 5) is 30.8. The molecule has 1 amide bonds. The number of hydrogen-bond acceptors (Lipinski definition) is 3. The van der Waals surface area contributed by atoms with E-state index in [2.05, 4.69) is 43.0 Å². The Labute approximate surface area is 187 Å². The number of carbonyl (C=O) groups is 1. The summed E-state index contributed by atoms with van der Waals surface area (Å²) < 4.78 is 3.55. The third-order valence-corrected chi connectivity index (χ3v) is 6.76. The van der Waals surface area contributed by atoms with E-state index in [1.165, 1.54) is 11.3 Å². The van der Waals surface area contributed by atoms with Crippen LogP contribution >= 0.6 is 0 Å². The summed E-state index contributed by atoms with van der Waals surface area (Å²) in [7, 11) is 3.67. The lowest BCUT2D eigenvalue weighted by Gasteiger charge is -2.41. The molecule has 0 N–H and O–H groups in total. The van der Waals surface area contributed by atoms with Crippen molar-refractivity contribution in [1.82, 2.24) is 14.0 Å². The van der Waals surface area contributed by atoms with Gasteiger partial charge in [0.2, 0.25) is 0 Å². The van der Waals surface area contributed by atoms with Gasteiger partial charge in [-0.1, -0.05) is 30.3 Å². The highest BCUT2D eigenvalue weighted by atomic mass is 16.2. The normalized spacial score (nSPS) is 16.8. The van der Waals surface area contributed by atoms with Crippen LogP contribution in [-0.4, -0.2) is 45.6 Å². The molecule has 1 fully saturated rings. The summed E-state index contributed by atoms with van der Waals surface area (Å²) in [5.41, 5.74) is 4.60. The number of piperazine rings is 1. The van der Waals surface area contributed by atoms with Gasteiger partial charge < -0.3 is 18.9 Å². The highest BCUT2D eigenvalue weighted by molar-refractivity contribution is 6.08. The topological polar surface area (TPSA) is 50.5 Å². The lowest BCUT2D eigenvalue weighted by atomic mass is 10.1. The molecule has 32 heavy (non-hydrogen) atoms. The number of benzene rings is 2. The molecule has 0 radical (unpaired) electrons. The zero-order chi connectivity index (χ0) is 22.6. The van der Waals surface area contributed by atoms with Crippen LogP contribution in [0.25, 0.3) is 21.8 Å². The van der Waals surface area contributed by atoms with Crippen LogP contribution in [0.2, 0.25) is 0 Å². The van der Waals surface area contributed by atoms with Crippen LogP contribution in [0.15, 0.2) is 59.4 Å². The number of carbonyl (C=O) groups excluding carboxylic acids is 1. The van der Waals surface area contributed by atoms with Crippen molar-refractivity contribution >= 4 is 33.4 Å². The molecule has 0 saturated carbocycles. The molecule has 1 atom stereocenters. The van der Waals surface area contributed by atoms with E-state index in [1.807, 2.05) is 40.8 Å². The van der Waals surface area contributed by atoms with E-state index < -0.39 is 0 Å². The van der Waals surface area contributed by atoms with Crippen molar-refractivity contribution < 1.29 is 4.79 Å². The van der Waals surface area contributed by atoms with E-state index in [9.17, 15) is 9.59 Å². The Morgan fingerprint density at radius 3 is 2.47 bits per heavy atom. The van der Waals surface area contributed by atoms with Crippen molar-refractivity contribution in [3.8, 4) is 0 Å². The molecule has 0 unspecified atom stereocenters. The van der Waals surface area contributed by atoms with Gasteiger partial charge in [-0.05, 0) is 43.7 Å². The van der Waals surface area contributed by atoms with Gasteiger partial charge in [0.1, 0.15) is 5.69 Å². The molecule has 0 bridgehead atoms. The largest absolute Gasteiger partial charge is 0.365 e. The average molecular weight is 429 g/mol. The number of para-hydroxylation sites is 1. The standard InChI is InChI=1S/C26H28N4O2/c1-17-8-7-9-19(14-17)30-13-12-29(16-18(30)2)26(32)23-15-21-24(27(23)3)20-10-5-6-11-22(20)28(4)25(21)31/h5-11,14-15,18H,12-13,16H2,1-4H3/t18-/m1/s1. The molecular formula is C26H28N4O2. The van der Waals surface area contributed by atoms with Gasteiger partial charge in [-0.2, -0.15) is 0 Å². The van der Waals surface area contributed by atoms with E-state index in [0.29, 0.717) is 24.2 Å². The molecule has 6 heteroatoms. The molecule has 2 aromatic heterocycles. The van der Waals surface area contributed by atoms with Crippen LogP contribution in [0.3, 0.4) is 0 Å². The van der Waals surface area contributed by atoms with E-state index in [-0.39, 0.29) is 17.5 Å². The highest BCUT2D eigenvalue weighted by Crippen LogP contribution is 2.27. The summed E-state index contributed by atoms with van der Waals surface area (Å²) in [5.74, 6) is -0.0226. The van der Waals surface area contributed by atoms with Gasteiger partial charge in [0.15, 0.2) is 0 Å². The van der Waals surface area contributed by atoms with E-state index in [1.54, 1.807) is 17.7 Å². The Bertz CT molecular complexity index is 1410. The van der Waals surface area contributed by atoms with Crippen molar-refractivity contribution in [3.05, 3.63) is 76.2 Å². The zero-order valence-electron chi connectivity index (χ0n) is 19.0. The number of rotatable bonds is 2. The lowest BCUT2D eigenvalue weighted by molar-refractivity contribution is 0.0717. The fraction of sp³-hybridized carbons (Fsp3) is 0.308. The Morgan fingerprint density at radius 2 is 1.72 bits per heavy atom. The predicted octanol–water partition coefficient (Wildman–Crippen LogP) is 3.69. The number of nitrogens with zero attached hydrogens (tertiary/aromatic N) is 4. The van der Waals surface area contributed by atoms with Gasteiger partial charge in [-0.3, -0.25) is 9.59 Å². The minimum absolute atomic E-state index is 0.0226. The Kier molecular flexibility index (Phi) is 4.81. The smallest absolute Gasteiger partial charge is 0.270 e. The minimum Gasteiger partial charge on any atom is -0.365 e. The maximum atomic E-state index is 13.5. The number of amides is 1. The van der Waals surface area contributed by atoms with Gasteiger partial charge in [0.05, 0.1) is 16.4 Å². The van der Waals surface area contributed by atoms with Crippen LogP contribution in [0.5, 0.6) is 0 Å². The van der Waals surface area contributed by atoms with E-state index in [0.717, 1.165) is 23.0 Å². The second kappa shape index (κ2) is 7.55. The first-order valence-corrected chi connectivity index (χ1v) is 11.1. The lowest BCUT2D eigenvalue weighted by Crippen LogP contribution is -2.54. The van der Waals surface area contributed by atoms with Crippen molar-refractivity contribution in [2.75, 3.05) is 24.5 Å². The maximum Gasteiger partial charge on any atom is 0.270 e. The van der Waals surface area contributed by atoms with Crippen LogP contribution in [-0.2, 0) is 14.1 Å². The van der Waals surface area contributed by atoms with Gasteiger partial charge in [-0.25, -0.2) is 0 Å². The molecule has 0 aliphatic carbocycles. The molecule has 6 nitrogen and oxygen atoms in total. The quantitative estimate of drug-likeness (QED) is 0.489. The number of hydrogen-bond donors (Lipinski definition) is 0. The Hall–Kier alpha value is -3.54. The number of aromatic nitrogens is 2. The Morgan fingerprint density at radius 1 is 0.938 bits per heavy atom. The molecule has 4 aromatic rings. The number of aryl methyl sites for hydroxylation is 3. The fourth-order valence-electron chi connectivity index (χ4n) is 5.05. The van der Waals surface area contributed by atoms with Gasteiger partial charge >= 0.3 is 0 Å². The third kappa shape index (κ3) is 3.09. The molecule has 1 saturated heterocycles. The molecular weight excluding hydrogens is 400 g/mol. The van der Waals surface area contributed by atoms with Crippen LogP contribution in [0.1, 0.15) is 23.0 Å². The number of anilines is 1. The van der Waals surface area contributed by atoms with E-state index in [4.69, 9.17) is 0 Å². The van der Waals surface area contributed by atoms with Crippen LogP contribution < -0.4 is 10.5 Å². The summed E-state index contributed by atoms with van der Waals surface area (Å²) in [5, 5.41) is 1.56. The third-order valence-electron chi connectivity index (χ3n) is 6.76. The molecule has 3 heterocycles. The Balaban J connectivity index is 1.50. The van der Waals surface area contributed by atoms with Crippen molar-refractivity contribution in [1.29, 1.82) is 0 Å². The predicted molar refractivity (Wildman–Crippen MR) is 130 cm³/mol. The van der Waals surface area contributed by atoms with E-state index >= 15 is 0 Å². The maximum absolute atomic E-state index is 13.5. The summed E-state index contributed by atoms with van der Waals surface area (Å²) in [6.45, 7) is 6.34. The second-order valence-corrected chi connectivity index (χ2v) is 8.86. The summed E-state index contributed by atoms with van der Waals surface area (Å²) in [6, 6.07) is 18.3. The van der Waals surface area contributed by atoms with Crippen molar-refractivity contribution in [2.24, 2.45) is 14.1 Å². The van der Waals surface area contributed by atoms with Gasteiger partial charge in [-0.15, -0.1) is 0 Å². The SMILES string of the molecule is Cc1cccc(N2CCN(C(=O)c3cc4c(=O)n(C)c5ccccc5c4n3C)C[C@H]2C)c1. The monoisotopic (exact) mass is 428 g/mol. The molecule has 0 spiro atoms. The summed E-state index contributed by atoms with van der Waals surface area (Å²) in [6.07, 6.45) is 0. The van der Waals surface area contributed by atoms with Crippen molar-refractivity contribution in [2.45, 2.75) is 19.9 Å². The molecule has 164 valence electrons. The first-order chi connectivity index (χ1) is 15.4. The van der Waals surface area contributed by atoms with Gasteiger partial charge in [0.25, 0.3) is 11.5 Å². The second-order valence-electron chi connectivity index (χ2n) is 8.86. The average Bonchev–Trinajstić information content (AvgIpc) is 3.14. The number of fused-ring (bicyclic) bond motifs is 3. The molecule has 2 aromatic carbocycles. The summed E-state index contributed by atoms with van der Waals surface area (Å²) >= 11 is 0.